The Morgan fingerprint density at radius 3 is 2.28 bits per heavy atom. The maximum atomic E-state index is 12.6. The monoisotopic (exact) mass is 338 g/mol. The van der Waals surface area contributed by atoms with Crippen LogP contribution in [0.4, 0.5) is 4.79 Å². The summed E-state index contributed by atoms with van der Waals surface area (Å²) in [6.45, 7) is 4.70. The molecule has 0 atom stereocenters. The Morgan fingerprint density at radius 2 is 1.64 bits per heavy atom. The van der Waals surface area contributed by atoms with E-state index in [4.69, 9.17) is 4.74 Å². The predicted molar refractivity (Wildman–Crippen MR) is 95.2 cm³/mol. The summed E-state index contributed by atoms with van der Waals surface area (Å²) in [6.07, 6.45) is 0. The van der Waals surface area contributed by atoms with Gasteiger partial charge in [0, 0.05) is 26.2 Å². The van der Waals surface area contributed by atoms with E-state index in [2.05, 4.69) is 19.1 Å². The summed E-state index contributed by atoms with van der Waals surface area (Å²) in [5, 5.41) is 0. The SMILES string of the molecule is COC(=O)c1ccc(CN2CCN(Cc3ccccc3C)C2=O)cc1. The zero-order chi connectivity index (χ0) is 17.8. The van der Waals surface area contributed by atoms with Gasteiger partial charge < -0.3 is 14.5 Å². The van der Waals surface area contributed by atoms with E-state index < -0.39 is 0 Å². The molecule has 2 aromatic carbocycles. The van der Waals surface area contributed by atoms with Crippen LogP contribution in [0.25, 0.3) is 0 Å². The van der Waals surface area contributed by atoms with E-state index in [0.717, 1.165) is 12.1 Å². The number of carbonyl (C=O) groups is 2. The average molecular weight is 338 g/mol. The number of aryl methyl sites for hydroxylation is 1. The van der Waals surface area contributed by atoms with Gasteiger partial charge in [0.05, 0.1) is 12.7 Å². The van der Waals surface area contributed by atoms with E-state index in [0.29, 0.717) is 25.2 Å². The molecule has 25 heavy (non-hydrogen) atoms. The van der Waals surface area contributed by atoms with Gasteiger partial charge in [-0.1, -0.05) is 36.4 Å². The molecule has 1 fully saturated rings. The zero-order valence-corrected chi connectivity index (χ0v) is 14.6. The predicted octanol–water partition coefficient (Wildman–Crippen LogP) is 3.22. The Labute approximate surface area is 147 Å². The van der Waals surface area contributed by atoms with E-state index >= 15 is 0 Å². The minimum absolute atomic E-state index is 0.0558. The number of urea groups is 1. The van der Waals surface area contributed by atoms with Gasteiger partial charge in [0.15, 0.2) is 0 Å². The molecule has 0 radical (unpaired) electrons. The van der Waals surface area contributed by atoms with Gasteiger partial charge in [0.2, 0.25) is 0 Å². The normalized spacial score (nSPS) is 14.1. The summed E-state index contributed by atoms with van der Waals surface area (Å²) in [5.41, 5.74) is 3.89. The van der Waals surface area contributed by atoms with Gasteiger partial charge in [0.1, 0.15) is 0 Å². The molecule has 0 spiro atoms. The summed E-state index contributed by atoms with van der Waals surface area (Å²) in [7, 11) is 1.36. The Hall–Kier alpha value is -2.82. The molecule has 130 valence electrons. The highest BCUT2D eigenvalue weighted by molar-refractivity contribution is 5.89. The van der Waals surface area contributed by atoms with Gasteiger partial charge in [0.25, 0.3) is 0 Å². The molecule has 0 saturated carbocycles. The van der Waals surface area contributed by atoms with Crippen molar-refractivity contribution >= 4 is 12.0 Å². The fourth-order valence-corrected chi connectivity index (χ4v) is 3.00. The molecule has 1 heterocycles. The lowest BCUT2D eigenvalue weighted by molar-refractivity contribution is 0.0600. The van der Waals surface area contributed by atoms with Crippen LogP contribution in [0.3, 0.4) is 0 Å². The number of rotatable bonds is 5. The Bertz CT molecular complexity index is 771. The maximum absolute atomic E-state index is 12.6. The Morgan fingerprint density at radius 1 is 1.00 bits per heavy atom. The molecule has 0 N–H and O–H groups in total. The number of carbonyl (C=O) groups excluding carboxylic acids is 2. The number of hydrogen-bond acceptors (Lipinski definition) is 3. The molecule has 0 bridgehead atoms. The van der Waals surface area contributed by atoms with Crippen LogP contribution in [0.1, 0.15) is 27.0 Å². The Kier molecular flexibility index (Phi) is 5.03. The lowest BCUT2D eigenvalue weighted by Crippen LogP contribution is -2.31. The van der Waals surface area contributed by atoms with Gasteiger partial charge in [-0.15, -0.1) is 0 Å². The highest BCUT2D eigenvalue weighted by Gasteiger charge is 2.28. The largest absolute Gasteiger partial charge is 0.465 e. The van der Waals surface area contributed by atoms with Crippen LogP contribution in [0.5, 0.6) is 0 Å². The molecule has 2 aromatic rings. The van der Waals surface area contributed by atoms with Crippen molar-refractivity contribution in [2.75, 3.05) is 20.2 Å². The smallest absolute Gasteiger partial charge is 0.337 e. The average Bonchev–Trinajstić information content (AvgIpc) is 2.97. The quantitative estimate of drug-likeness (QED) is 0.787. The molecule has 1 aliphatic heterocycles. The van der Waals surface area contributed by atoms with Crippen molar-refractivity contribution in [3.8, 4) is 0 Å². The summed E-state index contributed by atoms with van der Waals surface area (Å²) in [5.74, 6) is -0.354. The van der Waals surface area contributed by atoms with Gasteiger partial charge >= 0.3 is 12.0 Å². The first kappa shape index (κ1) is 17.0. The topological polar surface area (TPSA) is 49.9 Å². The van der Waals surface area contributed by atoms with Gasteiger partial charge in [-0.05, 0) is 35.7 Å². The molecule has 3 rings (SSSR count). The van der Waals surface area contributed by atoms with Gasteiger partial charge in [-0.2, -0.15) is 0 Å². The van der Waals surface area contributed by atoms with Crippen molar-refractivity contribution in [3.63, 3.8) is 0 Å². The maximum Gasteiger partial charge on any atom is 0.337 e. The van der Waals surface area contributed by atoms with Crippen LogP contribution in [0.15, 0.2) is 48.5 Å². The van der Waals surface area contributed by atoms with E-state index in [9.17, 15) is 9.59 Å². The van der Waals surface area contributed by atoms with Crippen LogP contribution in [0, 0.1) is 6.92 Å². The molecule has 5 heteroatoms. The van der Waals surface area contributed by atoms with Crippen LogP contribution in [0.2, 0.25) is 0 Å². The number of amides is 2. The first-order chi connectivity index (χ1) is 12.1. The van der Waals surface area contributed by atoms with Crippen molar-refractivity contribution in [1.82, 2.24) is 9.80 Å². The number of ether oxygens (including phenoxy) is 1. The second kappa shape index (κ2) is 7.38. The van der Waals surface area contributed by atoms with Crippen LogP contribution in [-0.4, -0.2) is 42.0 Å². The third kappa shape index (κ3) is 3.82. The number of hydrogen-bond donors (Lipinski definition) is 0. The van der Waals surface area contributed by atoms with E-state index in [1.165, 1.54) is 18.2 Å². The fraction of sp³-hybridized carbons (Fsp3) is 0.300. The zero-order valence-electron chi connectivity index (χ0n) is 14.6. The number of methoxy groups -OCH3 is 1. The molecular formula is C20H22N2O3. The lowest BCUT2D eigenvalue weighted by atomic mass is 10.1. The van der Waals surface area contributed by atoms with E-state index in [-0.39, 0.29) is 12.0 Å². The standard InChI is InChI=1S/C20H22N2O3/c1-15-5-3-4-6-18(15)14-22-12-11-21(20(22)24)13-16-7-9-17(10-8-16)19(23)25-2/h3-10H,11-14H2,1-2H3. The summed E-state index contributed by atoms with van der Waals surface area (Å²) in [4.78, 5) is 27.8. The molecule has 0 aromatic heterocycles. The third-order valence-corrected chi connectivity index (χ3v) is 4.55. The lowest BCUT2D eigenvalue weighted by Gasteiger charge is -2.19. The third-order valence-electron chi connectivity index (χ3n) is 4.55. The highest BCUT2D eigenvalue weighted by Crippen LogP contribution is 2.18. The van der Waals surface area contributed by atoms with Crippen molar-refractivity contribution in [2.45, 2.75) is 20.0 Å². The molecule has 1 saturated heterocycles. The second-order valence-corrected chi connectivity index (χ2v) is 6.24. The number of nitrogens with zero attached hydrogens (tertiary/aromatic N) is 2. The first-order valence-corrected chi connectivity index (χ1v) is 8.34. The molecule has 5 nitrogen and oxygen atoms in total. The molecular weight excluding hydrogens is 316 g/mol. The highest BCUT2D eigenvalue weighted by atomic mass is 16.5. The molecule has 1 aliphatic rings. The minimum atomic E-state index is -0.354. The van der Waals surface area contributed by atoms with Gasteiger partial charge in [-0.3, -0.25) is 0 Å². The fourth-order valence-electron chi connectivity index (χ4n) is 3.00. The second-order valence-electron chi connectivity index (χ2n) is 6.24. The summed E-state index contributed by atoms with van der Waals surface area (Å²) < 4.78 is 4.70. The van der Waals surface area contributed by atoms with Crippen LogP contribution < -0.4 is 0 Å². The van der Waals surface area contributed by atoms with Crippen molar-refractivity contribution < 1.29 is 14.3 Å². The van der Waals surface area contributed by atoms with E-state index in [1.54, 1.807) is 12.1 Å². The first-order valence-electron chi connectivity index (χ1n) is 8.34. The van der Waals surface area contributed by atoms with Crippen molar-refractivity contribution in [3.05, 3.63) is 70.8 Å². The number of benzene rings is 2. The minimum Gasteiger partial charge on any atom is -0.465 e. The molecule has 0 unspecified atom stereocenters. The van der Waals surface area contributed by atoms with Crippen LogP contribution in [-0.2, 0) is 17.8 Å². The summed E-state index contributed by atoms with van der Waals surface area (Å²) in [6, 6.07) is 15.4. The summed E-state index contributed by atoms with van der Waals surface area (Å²) >= 11 is 0. The van der Waals surface area contributed by atoms with Crippen molar-refractivity contribution in [2.24, 2.45) is 0 Å². The van der Waals surface area contributed by atoms with Crippen LogP contribution >= 0.6 is 0 Å². The molecule has 0 aliphatic carbocycles. The van der Waals surface area contributed by atoms with Gasteiger partial charge in [-0.25, -0.2) is 9.59 Å². The van der Waals surface area contributed by atoms with E-state index in [1.807, 2.05) is 34.1 Å². The molecule has 2 amide bonds. The number of esters is 1. The van der Waals surface area contributed by atoms with Crippen molar-refractivity contribution in [1.29, 1.82) is 0 Å². The Balaban J connectivity index is 1.62.